The van der Waals surface area contributed by atoms with E-state index in [4.69, 9.17) is 21.8 Å². The van der Waals surface area contributed by atoms with E-state index >= 15 is 0 Å². The molecule has 0 aromatic heterocycles. The van der Waals surface area contributed by atoms with E-state index in [2.05, 4.69) is 0 Å². The zero-order valence-corrected chi connectivity index (χ0v) is 11.9. The van der Waals surface area contributed by atoms with Gasteiger partial charge in [-0.1, -0.05) is 0 Å². The first-order chi connectivity index (χ1) is 9.43. The highest BCUT2D eigenvalue weighted by atomic mass is 32.2. The molecule has 0 amide bonds. The predicted octanol–water partition coefficient (Wildman–Crippen LogP) is 0.0798. The van der Waals surface area contributed by atoms with E-state index in [1.165, 1.54) is 0 Å². The van der Waals surface area contributed by atoms with Crippen molar-refractivity contribution in [2.75, 3.05) is 17.2 Å². The maximum absolute atomic E-state index is 11.4. The second-order valence-corrected chi connectivity index (χ2v) is 7.04. The van der Waals surface area contributed by atoms with Crippen molar-refractivity contribution in [3.8, 4) is 0 Å². The molecule has 0 unspecified atom stereocenters. The lowest BCUT2D eigenvalue weighted by Gasteiger charge is -2.12. The average Bonchev–Trinajstić information content (AvgIpc) is 2.30. The van der Waals surface area contributed by atoms with Crippen LogP contribution in [0.25, 0.3) is 10.8 Å². The van der Waals surface area contributed by atoms with E-state index in [0.29, 0.717) is 0 Å². The zero-order valence-electron chi connectivity index (χ0n) is 10.3. The minimum absolute atomic E-state index is 0.0347. The maximum atomic E-state index is 11.4. The SMILES string of the molecule is Nc1cc2c(N)c(N)cc(S(=O)(=O)O)c2cc1S(=O)(=O)O. The third kappa shape index (κ3) is 2.58. The van der Waals surface area contributed by atoms with Gasteiger partial charge in [-0.2, -0.15) is 16.8 Å². The van der Waals surface area contributed by atoms with E-state index in [9.17, 15) is 21.4 Å². The van der Waals surface area contributed by atoms with E-state index in [1.54, 1.807) is 0 Å². The van der Waals surface area contributed by atoms with Gasteiger partial charge in [0.1, 0.15) is 9.79 Å². The smallest absolute Gasteiger partial charge is 0.296 e. The molecule has 2 aromatic rings. The quantitative estimate of drug-likeness (QED) is 0.374. The lowest BCUT2D eigenvalue weighted by molar-refractivity contribution is 0.480. The van der Waals surface area contributed by atoms with Gasteiger partial charge in [-0.15, -0.1) is 0 Å². The van der Waals surface area contributed by atoms with E-state index in [0.717, 1.165) is 18.2 Å². The van der Waals surface area contributed by atoms with Gasteiger partial charge in [0, 0.05) is 10.8 Å². The Hall–Kier alpha value is -2.08. The first-order valence-corrected chi connectivity index (χ1v) is 8.17. The third-order valence-electron chi connectivity index (χ3n) is 2.86. The lowest BCUT2D eigenvalue weighted by Crippen LogP contribution is -2.07. The fourth-order valence-corrected chi connectivity index (χ4v) is 3.26. The van der Waals surface area contributed by atoms with Crippen LogP contribution in [0.1, 0.15) is 0 Å². The summed E-state index contributed by atoms with van der Waals surface area (Å²) in [6.07, 6.45) is 0. The summed E-state index contributed by atoms with van der Waals surface area (Å²) in [5, 5.41) is -0.196. The molecule has 0 aliphatic heterocycles. The van der Waals surface area contributed by atoms with Crippen molar-refractivity contribution in [1.29, 1.82) is 0 Å². The number of nitrogen functional groups attached to an aromatic ring is 3. The fraction of sp³-hybridized carbons (Fsp3) is 0. The highest BCUT2D eigenvalue weighted by molar-refractivity contribution is 7.86. The first-order valence-electron chi connectivity index (χ1n) is 5.29. The van der Waals surface area contributed by atoms with Crippen LogP contribution in [0.3, 0.4) is 0 Å². The fourth-order valence-electron chi connectivity index (χ4n) is 1.91. The van der Waals surface area contributed by atoms with Crippen LogP contribution >= 0.6 is 0 Å². The minimum Gasteiger partial charge on any atom is -0.398 e. The molecule has 0 spiro atoms. The van der Waals surface area contributed by atoms with Gasteiger partial charge in [0.05, 0.1) is 17.1 Å². The van der Waals surface area contributed by atoms with Gasteiger partial charge in [-0.25, -0.2) is 0 Å². The third-order valence-corrected chi connectivity index (χ3v) is 4.66. The van der Waals surface area contributed by atoms with Crippen molar-refractivity contribution in [3.05, 3.63) is 18.2 Å². The summed E-state index contributed by atoms with van der Waals surface area (Å²) in [6.45, 7) is 0. The Kier molecular flexibility index (Phi) is 3.25. The molecule has 2 rings (SSSR count). The van der Waals surface area contributed by atoms with Crippen LogP contribution in [0.5, 0.6) is 0 Å². The molecule has 0 heterocycles. The number of hydrogen-bond acceptors (Lipinski definition) is 7. The molecule has 2 aromatic carbocycles. The lowest BCUT2D eigenvalue weighted by atomic mass is 10.1. The summed E-state index contributed by atoms with van der Waals surface area (Å²) in [6, 6.07) is 2.74. The molecule has 0 aliphatic carbocycles. The molecule has 0 bridgehead atoms. The monoisotopic (exact) mass is 333 g/mol. The second kappa shape index (κ2) is 4.46. The Morgan fingerprint density at radius 1 is 0.714 bits per heavy atom. The van der Waals surface area contributed by atoms with Gasteiger partial charge in [0.15, 0.2) is 0 Å². The van der Waals surface area contributed by atoms with E-state index in [1.807, 2.05) is 0 Å². The molecule has 0 atom stereocenters. The molecule has 0 saturated carbocycles. The normalized spacial score (nSPS) is 12.7. The summed E-state index contributed by atoms with van der Waals surface area (Å²) in [5.41, 5.74) is 16.2. The number of hydrogen-bond donors (Lipinski definition) is 5. The summed E-state index contributed by atoms with van der Waals surface area (Å²) in [4.78, 5) is -1.35. The van der Waals surface area contributed by atoms with Crippen molar-refractivity contribution in [1.82, 2.24) is 0 Å². The van der Waals surface area contributed by atoms with Crippen LogP contribution in [0, 0.1) is 0 Å². The molecule has 8 N–H and O–H groups in total. The van der Waals surface area contributed by atoms with Crippen molar-refractivity contribution >= 4 is 48.1 Å². The first kappa shape index (κ1) is 15.3. The molecule has 21 heavy (non-hydrogen) atoms. The molecule has 0 radical (unpaired) electrons. The highest BCUT2D eigenvalue weighted by Crippen LogP contribution is 2.36. The van der Waals surface area contributed by atoms with Crippen LogP contribution < -0.4 is 17.2 Å². The van der Waals surface area contributed by atoms with Gasteiger partial charge in [-0.05, 0) is 18.2 Å². The summed E-state index contributed by atoms with van der Waals surface area (Å²) >= 11 is 0. The number of nitrogens with two attached hydrogens (primary N) is 3. The predicted molar refractivity (Wildman–Crippen MR) is 76.8 cm³/mol. The molecule has 11 heteroatoms. The number of benzene rings is 2. The highest BCUT2D eigenvalue weighted by Gasteiger charge is 2.22. The average molecular weight is 333 g/mol. The Balaban J connectivity index is 3.11. The molecular weight excluding hydrogens is 322 g/mol. The van der Waals surface area contributed by atoms with Crippen LogP contribution in [0.15, 0.2) is 28.0 Å². The van der Waals surface area contributed by atoms with Gasteiger partial charge >= 0.3 is 0 Å². The number of rotatable bonds is 2. The van der Waals surface area contributed by atoms with Crippen molar-refractivity contribution in [3.63, 3.8) is 0 Å². The van der Waals surface area contributed by atoms with Gasteiger partial charge < -0.3 is 17.2 Å². The molecule has 0 aliphatic rings. The number of fused-ring (bicyclic) bond motifs is 1. The second-order valence-electron chi connectivity index (χ2n) is 4.26. The molecule has 0 saturated heterocycles. The van der Waals surface area contributed by atoms with Crippen LogP contribution in [0.4, 0.5) is 17.1 Å². The maximum Gasteiger partial charge on any atom is 0.296 e. The minimum atomic E-state index is -4.70. The Bertz CT molecular complexity index is 966. The van der Waals surface area contributed by atoms with Gasteiger partial charge in [0.2, 0.25) is 0 Å². The Labute approximate surface area is 119 Å². The van der Waals surface area contributed by atoms with Crippen molar-refractivity contribution in [2.45, 2.75) is 9.79 Å². The van der Waals surface area contributed by atoms with Crippen LogP contribution in [-0.4, -0.2) is 25.9 Å². The largest absolute Gasteiger partial charge is 0.398 e. The zero-order chi connectivity index (χ0) is 16.2. The summed E-state index contributed by atoms with van der Waals surface area (Å²) in [7, 11) is -9.38. The Morgan fingerprint density at radius 3 is 1.71 bits per heavy atom. The molecular formula is C10H11N3O6S2. The van der Waals surface area contributed by atoms with Gasteiger partial charge in [-0.3, -0.25) is 9.11 Å². The van der Waals surface area contributed by atoms with E-state index in [-0.39, 0.29) is 27.8 Å². The van der Waals surface area contributed by atoms with Crippen LogP contribution in [0.2, 0.25) is 0 Å². The van der Waals surface area contributed by atoms with Crippen molar-refractivity contribution < 1.29 is 25.9 Å². The van der Waals surface area contributed by atoms with Crippen molar-refractivity contribution in [2.24, 2.45) is 0 Å². The Morgan fingerprint density at radius 2 is 1.24 bits per heavy atom. The topological polar surface area (TPSA) is 187 Å². The standard InChI is InChI=1S/C10H11N3O6S2/c11-6-1-5-4(2-9(6)21(17,18)19)8(20(14,15)16)3-7(12)10(5)13/h1-3H,11-13H2,(H,14,15,16)(H,17,18,19). The van der Waals surface area contributed by atoms with Gasteiger partial charge in [0.25, 0.3) is 20.2 Å². The summed E-state index contributed by atoms with van der Waals surface area (Å²) in [5.74, 6) is 0. The summed E-state index contributed by atoms with van der Waals surface area (Å²) < 4.78 is 63.4. The number of anilines is 3. The molecule has 9 nitrogen and oxygen atoms in total. The molecule has 114 valence electrons. The van der Waals surface area contributed by atoms with Crippen LogP contribution in [-0.2, 0) is 20.2 Å². The molecule has 0 fully saturated rings. The van der Waals surface area contributed by atoms with E-state index < -0.39 is 30.0 Å².